The van der Waals surface area contributed by atoms with E-state index in [2.05, 4.69) is 8.92 Å². The standard InChI is InChI=1S/C8H15F3O6S/c1-18(12,13)17-7-5-15-3-2-14-4-6-16-8(9,10)11/h2-7H2,1H3. The van der Waals surface area contributed by atoms with Gasteiger partial charge in [-0.1, -0.05) is 0 Å². The van der Waals surface area contributed by atoms with E-state index in [1.807, 2.05) is 0 Å². The van der Waals surface area contributed by atoms with Gasteiger partial charge in [0.1, 0.15) is 0 Å². The number of alkyl halides is 3. The summed E-state index contributed by atoms with van der Waals surface area (Å²) in [6, 6.07) is 0. The fourth-order valence-corrected chi connectivity index (χ4v) is 1.15. The van der Waals surface area contributed by atoms with Gasteiger partial charge in [0.2, 0.25) is 0 Å². The Labute approximate surface area is 103 Å². The van der Waals surface area contributed by atoms with Crippen LogP contribution in [0.4, 0.5) is 13.2 Å². The molecule has 0 aliphatic rings. The van der Waals surface area contributed by atoms with E-state index in [4.69, 9.17) is 9.47 Å². The number of halogens is 3. The summed E-state index contributed by atoms with van der Waals surface area (Å²) in [5, 5.41) is 0. The maximum atomic E-state index is 11.5. The van der Waals surface area contributed by atoms with Crippen molar-refractivity contribution in [3.8, 4) is 0 Å². The summed E-state index contributed by atoms with van der Waals surface area (Å²) in [6.45, 7) is -0.645. The van der Waals surface area contributed by atoms with Gasteiger partial charge in [0.05, 0.1) is 45.9 Å². The van der Waals surface area contributed by atoms with Crippen LogP contribution >= 0.6 is 0 Å². The quantitative estimate of drug-likeness (QED) is 0.433. The molecule has 0 bridgehead atoms. The van der Waals surface area contributed by atoms with Gasteiger partial charge in [0.15, 0.2) is 0 Å². The van der Waals surface area contributed by atoms with Crippen LogP contribution in [-0.4, -0.2) is 60.7 Å². The Hall–Kier alpha value is -0.420. The van der Waals surface area contributed by atoms with Crippen LogP contribution in [0.1, 0.15) is 0 Å². The van der Waals surface area contributed by atoms with Crippen molar-refractivity contribution in [2.75, 3.05) is 45.9 Å². The van der Waals surface area contributed by atoms with Gasteiger partial charge in [-0.3, -0.25) is 8.92 Å². The largest absolute Gasteiger partial charge is 0.522 e. The highest BCUT2D eigenvalue weighted by Crippen LogP contribution is 2.15. The van der Waals surface area contributed by atoms with E-state index in [-0.39, 0.29) is 33.0 Å². The maximum absolute atomic E-state index is 11.5. The molecule has 10 heteroatoms. The van der Waals surface area contributed by atoms with Gasteiger partial charge in [-0.05, 0) is 0 Å². The Morgan fingerprint density at radius 3 is 1.78 bits per heavy atom. The van der Waals surface area contributed by atoms with Crippen molar-refractivity contribution in [3.63, 3.8) is 0 Å². The average molecular weight is 296 g/mol. The lowest BCUT2D eigenvalue weighted by Gasteiger charge is -2.08. The molecule has 110 valence electrons. The van der Waals surface area contributed by atoms with Crippen molar-refractivity contribution in [1.29, 1.82) is 0 Å². The van der Waals surface area contributed by atoms with Gasteiger partial charge >= 0.3 is 6.36 Å². The van der Waals surface area contributed by atoms with Crippen LogP contribution in [0.15, 0.2) is 0 Å². The molecule has 0 aromatic carbocycles. The lowest BCUT2D eigenvalue weighted by molar-refractivity contribution is -0.327. The first-order valence-corrected chi connectivity index (χ1v) is 6.73. The van der Waals surface area contributed by atoms with Gasteiger partial charge in [0.25, 0.3) is 10.1 Å². The molecule has 0 saturated heterocycles. The minimum Gasteiger partial charge on any atom is -0.377 e. The summed E-state index contributed by atoms with van der Waals surface area (Å²) in [4.78, 5) is 0. The maximum Gasteiger partial charge on any atom is 0.522 e. The van der Waals surface area contributed by atoms with Crippen molar-refractivity contribution in [2.24, 2.45) is 0 Å². The first-order valence-electron chi connectivity index (χ1n) is 4.91. The third kappa shape index (κ3) is 15.6. The third-order valence-corrected chi connectivity index (χ3v) is 1.99. The number of ether oxygens (including phenoxy) is 3. The second kappa shape index (κ2) is 8.64. The highest BCUT2D eigenvalue weighted by molar-refractivity contribution is 7.85. The van der Waals surface area contributed by atoms with Gasteiger partial charge in [-0.25, -0.2) is 0 Å². The third-order valence-electron chi connectivity index (χ3n) is 1.39. The van der Waals surface area contributed by atoms with Crippen LogP contribution in [-0.2, 0) is 28.5 Å². The van der Waals surface area contributed by atoms with Gasteiger partial charge < -0.3 is 9.47 Å². The molecule has 0 aromatic rings. The molecule has 0 saturated carbocycles. The van der Waals surface area contributed by atoms with Crippen LogP contribution in [0.25, 0.3) is 0 Å². The molecule has 6 nitrogen and oxygen atoms in total. The zero-order valence-electron chi connectivity index (χ0n) is 9.73. The molecule has 0 radical (unpaired) electrons. The van der Waals surface area contributed by atoms with Crippen molar-refractivity contribution in [3.05, 3.63) is 0 Å². The molecule has 0 aromatic heterocycles. The van der Waals surface area contributed by atoms with Gasteiger partial charge in [-0.15, -0.1) is 13.2 Å². The summed E-state index contributed by atoms with van der Waals surface area (Å²) < 4.78 is 73.0. The molecular weight excluding hydrogens is 281 g/mol. The highest BCUT2D eigenvalue weighted by Gasteiger charge is 2.28. The van der Waals surface area contributed by atoms with E-state index in [1.165, 1.54) is 0 Å². The SMILES string of the molecule is CS(=O)(=O)OCCOCCOCCOC(F)(F)F. The molecule has 0 N–H and O–H groups in total. The summed E-state index contributed by atoms with van der Waals surface area (Å²) in [6.07, 6.45) is -3.74. The fraction of sp³-hybridized carbons (Fsp3) is 1.00. The molecule has 18 heavy (non-hydrogen) atoms. The van der Waals surface area contributed by atoms with E-state index in [0.717, 1.165) is 6.26 Å². The van der Waals surface area contributed by atoms with Crippen molar-refractivity contribution in [2.45, 2.75) is 6.36 Å². The Bertz CT molecular complexity index is 302. The van der Waals surface area contributed by atoms with Crippen LogP contribution in [0, 0.1) is 0 Å². The molecule has 0 fully saturated rings. The first-order chi connectivity index (χ1) is 8.21. The first kappa shape index (κ1) is 17.6. The number of rotatable bonds is 10. The number of hydrogen-bond donors (Lipinski definition) is 0. The second-order valence-electron chi connectivity index (χ2n) is 3.05. The number of hydrogen-bond acceptors (Lipinski definition) is 6. The molecule has 0 rings (SSSR count). The smallest absolute Gasteiger partial charge is 0.377 e. The van der Waals surface area contributed by atoms with E-state index < -0.39 is 23.1 Å². The zero-order chi connectivity index (χ0) is 14.1. The molecule has 0 heterocycles. The topological polar surface area (TPSA) is 71.1 Å². The van der Waals surface area contributed by atoms with Crippen molar-refractivity contribution < 1.29 is 40.0 Å². The zero-order valence-corrected chi connectivity index (χ0v) is 10.6. The summed E-state index contributed by atoms with van der Waals surface area (Å²) in [7, 11) is -3.48. The van der Waals surface area contributed by atoms with E-state index in [9.17, 15) is 21.6 Å². The molecule has 0 amide bonds. The van der Waals surface area contributed by atoms with Crippen LogP contribution < -0.4 is 0 Å². The minimum absolute atomic E-state index is 0.0511. The summed E-state index contributed by atoms with van der Waals surface area (Å²) in [5.74, 6) is 0. The summed E-state index contributed by atoms with van der Waals surface area (Å²) in [5.41, 5.74) is 0. The monoisotopic (exact) mass is 296 g/mol. The Balaban J connectivity index is 3.17. The van der Waals surface area contributed by atoms with Crippen LogP contribution in [0.5, 0.6) is 0 Å². The van der Waals surface area contributed by atoms with Crippen molar-refractivity contribution >= 4 is 10.1 Å². The molecule has 0 atom stereocenters. The lowest BCUT2D eigenvalue weighted by atomic mass is 10.7. The predicted octanol–water partition coefficient (Wildman–Crippen LogP) is 0.532. The van der Waals surface area contributed by atoms with Gasteiger partial charge in [-0.2, -0.15) is 8.42 Å². The normalized spacial score (nSPS) is 12.9. The van der Waals surface area contributed by atoms with E-state index >= 15 is 0 Å². The molecule has 0 aliphatic heterocycles. The van der Waals surface area contributed by atoms with E-state index in [0.29, 0.717) is 0 Å². The second-order valence-corrected chi connectivity index (χ2v) is 4.69. The highest BCUT2D eigenvalue weighted by atomic mass is 32.2. The molecule has 0 spiro atoms. The van der Waals surface area contributed by atoms with Crippen LogP contribution in [0.2, 0.25) is 0 Å². The predicted molar refractivity (Wildman–Crippen MR) is 54.4 cm³/mol. The van der Waals surface area contributed by atoms with E-state index in [1.54, 1.807) is 0 Å². The Morgan fingerprint density at radius 1 is 0.889 bits per heavy atom. The van der Waals surface area contributed by atoms with Crippen molar-refractivity contribution in [1.82, 2.24) is 0 Å². The Kier molecular flexibility index (Phi) is 8.44. The van der Waals surface area contributed by atoms with Gasteiger partial charge in [0, 0.05) is 0 Å². The Morgan fingerprint density at radius 2 is 1.33 bits per heavy atom. The van der Waals surface area contributed by atoms with Crippen LogP contribution in [0.3, 0.4) is 0 Å². The molecule has 0 aliphatic carbocycles. The molecular formula is C8H15F3O6S. The fourth-order valence-electron chi connectivity index (χ4n) is 0.783. The average Bonchev–Trinajstić information content (AvgIpc) is 2.17. The lowest BCUT2D eigenvalue weighted by Crippen LogP contribution is -2.18. The summed E-state index contributed by atoms with van der Waals surface area (Å²) >= 11 is 0. The minimum atomic E-state index is -4.65. The molecule has 0 unspecified atom stereocenters.